The highest BCUT2D eigenvalue weighted by Gasteiger charge is 2.03. The Balaban J connectivity index is 3.61. The Morgan fingerprint density at radius 2 is 1.34 bits per heavy atom. The van der Waals surface area contributed by atoms with E-state index in [0.717, 1.165) is 19.3 Å². The van der Waals surface area contributed by atoms with Crippen molar-refractivity contribution < 1.29 is 29.9 Å². The summed E-state index contributed by atoms with van der Waals surface area (Å²) in [7, 11) is 0. The molecule has 0 saturated heterocycles. The molecule has 0 aromatic carbocycles. The summed E-state index contributed by atoms with van der Waals surface area (Å²) in [6.07, 6.45) is 26.4. The average Bonchev–Trinajstić information content (AvgIpc) is 2.73. The molecule has 0 bridgehead atoms. The van der Waals surface area contributed by atoms with Crippen LogP contribution in [-0.2, 0) is 14.4 Å². The number of unbranched alkanes of at least 4 members (excludes halogenated alkanes) is 7. The molecule has 3 N–H and O–H groups in total. The molecule has 0 spiro atoms. The lowest BCUT2D eigenvalue weighted by Crippen LogP contribution is -2.21. The minimum Gasteiger partial charge on any atom is -0.460 e. The second-order valence-corrected chi connectivity index (χ2v) is 6.51. The van der Waals surface area contributed by atoms with Gasteiger partial charge in [0.25, 0.3) is 0 Å². The smallest absolute Gasteiger partial charge is 0.330 e. The summed E-state index contributed by atoms with van der Waals surface area (Å²) in [4.78, 5) is 15.3. The van der Waals surface area contributed by atoms with Gasteiger partial charge in [-0.3, -0.25) is 5.26 Å². The van der Waals surface area contributed by atoms with E-state index in [1.807, 2.05) is 30.4 Å². The zero-order valence-corrected chi connectivity index (χ0v) is 17.2. The first-order chi connectivity index (χ1) is 14.2. The number of rotatable bonds is 18. The average molecular weight is 409 g/mol. The molecule has 164 valence electrons. The first-order valence-electron chi connectivity index (χ1n) is 10.3. The first-order valence-corrected chi connectivity index (χ1v) is 10.3. The van der Waals surface area contributed by atoms with Gasteiger partial charge >= 0.3 is 5.97 Å². The van der Waals surface area contributed by atoms with E-state index in [1.54, 1.807) is 18.2 Å². The van der Waals surface area contributed by atoms with Crippen LogP contribution in [0.4, 0.5) is 0 Å². The molecule has 0 aliphatic rings. The molecule has 0 fully saturated rings. The Morgan fingerprint density at radius 3 is 1.97 bits per heavy atom. The summed E-state index contributed by atoms with van der Waals surface area (Å²) in [5, 5.41) is 25.8. The highest BCUT2D eigenvalue weighted by molar-refractivity contribution is 5.82. The van der Waals surface area contributed by atoms with Gasteiger partial charge in [0.05, 0.1) is 13.2 Å². The molecular weight excluding hydrogens is 372 g/mol. The first kappa shape index (κ1) is 27.0. The van der Waals surface area contributed by atoms with Crippen molar-refractivity contribution in [3.05, 3.63) is 60.8 Å². The van der Waals surface area contributed by atoms with Crippen molar-refractivity contribution in [1.29, 1.82) is 0 Å². The molecule has 29 heavy (non-hydrogen) atoms. The van der Waals surface area contributed by atoms with Crippen LogP contribution < -0.4 is 0 Å². The summed E-state index contributed by atoms with van der Waals surface area (Å²) < 4.78 is 4.71. The van der Waals surface area contributed by atoms with Crippen LogP contribution in [0.1, 0.15) is 51.4 Å². The van der Waals surface area contributed by atoms with Crippen molar-refractivity contribution in [2.75, 3.05) is 19.8 Å². The van der Waals surface area contributed by atoms with Crippen LogP contribution in [-0.4, -0.2) is 47.4 Å². The highest BCUT2D eigenvalue weighted by Crippen LogP contribution is 2.08. The minimum atomic E-state index is -1.04. The number of ether oxygens (including phenoxy) is 1. The fourth-order valence-electron chi connectivity index (χ4n) is 2.29. The largest absolute Gasteiger partial charge is 0.460 e. The van der Waals surface area contributed by atoms with Gasteiger partial charge in [-0.05, 0) is 19.3 Å². The summed E-state index contributed by atoms with van der Waals surface area (Å²) in [5.74, 6) is -0.565. The molecule has 0 saturated carbocycles. The van der Waals surface area contributed by atoms with Gasteiger partial charge < -0.3 is 14.9 Å². The van der Waals surface area contributed by atoms with Gasteiger partial charge in [-0.25, -0.2) is 9.68 Å². The number of hydrogen-bond acceptors (Lipinski definition) is 6. The Labute approximate surface area is 174 Å². The Kier molecular flexibility index (Phi) is 20.8. The van der Waals surface area contributed by atoms with Gasteiger partial charge in [0.1, 0.15) is 12.7 Å². The molecule has 0 rings (SSSR count). The number of carbonyl (C=O) groups excluding carboxylic acids is 1. The number of esters is 1. The van der Waals surface area contributed by atoms with Crippen molar-refractivity contribution >= 4 is 5.97 Å². The summed E-state index contributed by atoms with van der Waals surface area (Å²) in [6.45, 7) is -0.213. The predicted molar refractivity (Wildman–Crippen MR) is 115 cm³/mol. The predicted octanol–water partition coefficient (Wildman–Crippen LogP) is 4.27. The van der Waals surface area contributed by atoms with Crippen LogP contribution in [0.2, 0.25) is 0 Å². The Hall–Kier alpha value is -1.99. The molecule has 0 radical (unpaired) electrons. The van der Waals surface area contributed by atoms with Crippen LogP contribution in [0.3, 0.4) is 0 Å². The van der Waals surface area contributed by atoms with Crippen LogP contribution in [0.25, 0.3) is 0 Å². The van der Waals surface area contributed by atoms with Gasteiger partial charge in [0, 0.05) is 6.08 Å². The highest BCUT2D eigenvalue weighted by atomic mass is 17.1. The maximum atomic E-state index is 11.3. The van der Waals surface area contributed by atoms with E-state index in [0.29, 0.717) is 6.61 Å². The number of aliphatic hydroxyl groups excluding tert-OH is 2. The zero-order chi connectivity index (χ0) is 21.4. The zero-order valence-electron chi connectivity index (χ0n) is 17.2. The Bertz CT molecular complexity index is 519. The molecule has 0 aliphatic carbocycles. The van der Waals surface area contributed by atoms with E-state index in [2.05, 4.69) is 11.0 Å². The van der Waals surface area contributed by atoms with E-state index in [-0.39, 0.29) is 6.61 Å². The molecule has 1 atom stereocenters. The van der Waals surface area contributed by atoms with Crippen molar-refractivity contribution in [2.45, 2.75) is 57.5 Å². The fraction of sp³-hybridized carbons (Fsp3) is 0.522. The molecule has 0 aliphatic heterocycles. The van der Waals surface area contributed by atoms with Crippen molar-refractivity contribution in [2.24, 2.45) is 0 Å². The third-order valence-corrected chi connectivity index (χ3v) is 3.88. The van der Waals surface area contributed by atoms with E-state index >= 15 is 0 Å². The lowest BCUT2D eigenvalue weighted by atomic mass is 10.1. The molecule has 6 heteroatoms. The third kappa shape index (κ3) is 22.2. The topological polar surface area (TPSA) is 96.2 Å². The molecule has 0 aromatic heterocycles. The van der Waals surface area contributed by atoms with E-state index < -0.39 is 18.7 Å². The maximum absolute atomic E-state index is 11.3. The number of carbonyl (C=O) groups is 1. The minimum absolute atomic E-state index is 0.218. The fourth-order valence-corrected chi connectivity index (χ4v) is 2.29. The van der Waals surface area contributed by atoms with Crippen LogP contribution >= 0.6 is 0 Å². The molecule has 0 amide bonds. The Morgan fingerprint density at radius 1 is 0.793 bits per heavy atom. The van der Waals surface area contributed by atoms with Gasteiger partial charge in [0.15, 0.2) is 0 Å². The van der Waals surface area contributed by atoms with Crippen LogP contribution in [0.5, 0.6) is 0 Å². The summed E-state index contributed by atoms with van der Waals surface area (Å²) in [6, 6.07) is 0. The molecule has 6 nitrogen and oxygen atoms in total. The number of allylic oxidation sites excluding steroid dienone is 9. The SMILES string of the molecule is O=C(C=CC=CC=CC=CC=CCCCCCCCCCOO)OC[C@@H](O)CO. The maximum Gasteiger partial charge on any atom is 0.330 e. The molecular formula is C23H36O6. The molecule has 0 heterocycles. The molecule has 0 unspecified atom stereocenters. The summed E-state index contributed by atoms with van der Waals surface area (Å²) in [5.41, 5.74) is 0. The van der Waals surface area contributed by atoms with Gasteiger partial charge in [-0.1, -0.05) is 86.8 Å². The van der Waals surface area contributed by atoms with E-state index in [4.69, 9.17) is 20.2 Å². The van der Waals surface area contributed by atoms with E-state index in [9.17, 15) is 4.79 Å². The second kappa shape index (κ2) is 22.3. The normalized spacial score (nSPS) is 13.6. The van der Waals surface area contributed by atoms with E-state index in [1.165, 1.54) is 38.2 Å². The monoisotopic (exact) mass is 408 g/mol. The lowest BCUT2D eigenvalue weighted by Gasteiger charge is -2.05. The molecule has 0 aromatic rings. The van der Waals surface area contributed by atoms with Gasteiger partial charge in [0.2, 0.25) is 0 Å². The standard InChI is InChI=1S/C23H36O6/c24-20-22(25)21-28-23(26)18-16-14-12-10-8-6-4-2-1-3-5-7-9-11-13-15-17-19-29-27/h1-2,4,6,8,10,12,14,16,18,22,24-25,27H,3,5,7,9,11,13,15,17,19-21H2/t22-/m0/s1. The van der Waals surface area contributed by atoms with Crippen molar-refractivity contribution in [1.82, 2.24) is 0 Å². The summed E-state index contributed by atoms with van der Waals surface area (Å²) >= 11 is 0. The second-order valence-electron chi connectivity index (χ2n) is 6.51. The van der Waals surface area contributed by atoms with Crippen molar-refractivity contribution in [3.8, 4) is 0 Å². The number of hydrogen-bond donors (Lipinski definition) is 3. The lowest BCUT2D eigenvalue weighted by molar-refractivity contribution is -0.242. The van der Waals surface area contributed by atoms with Crippen LogP contribution in [0, 0.1) is 0 Å². The quantitative estimate of drug-likeness (QED) is 0.0782. The van der Waals surface area contributed by atoms with Gasteiger partial charge in [-0.2, -0.15) is 0 Å². The van der Waals surface area contributed by atoms with Crippen molar-refractivity contribution in [3.63, 3.8) is 0 Å². The number of aliphatic hydroxyl groups is 2. The third-order valence-electron chi connectivity index (χ3n) is 3.88. The van der Waals surface area contributed by atoms with Crippen LogP contribution in [0.15, 0.2) is 60.8 Å². The van der Waals surface area contributed by atoms with Gasteiger partial charge in [-0.15, -0.1) is 0 Å².